The van der Waals surface area contributed by atoms with Crippen molar-refractivity contribution >= 4 is 29.0 Å². The highest BCUT2D eigenvalue weighted by molar-refractivity contribution is 7.99. The summed E-state index contributed by atoms with van der Waals surface area (Å²) in [5, 5.41) is 3.24. The Bertz CT molecular complexity index is 768. The van der Waals surface area contributed by atoms with Gasteiger partial charge in [-0.3, -0.25) is 4.79 Å². The van der Waals surface area contributed by atoms with Gasteiger partial charge in [-0.2, -0.15) is 8.78 Å². The second-order valence-electron chi connectivity index (χ2n) is 6.30. The highest BCUT2D eigenvalue weighted by atomic mass is 35.5. The van der Waals surface area contributed by atoms with E-state index in [2.05, 4.69) is 17.1 Å². The molecule has 2 aromatic carbocycles. The van der Waals surface area contributed by atoms with Crippen LogP contribution in [0.1, 0.15) is 17.3 Å². The van der Waals surface area contributed by atoms with Gasteiger partial charge >= 0.3 is 0 Å². The molecule has 1 amide bonds. The van der Waals surface area contributed by atoms with Crippen LogP contribution in [0.3, 0.4) is 0 Å². The van der Waals surface area contributed by atoms with Gasteiger partial charge in [-0.25, -0.2) is 0 Å². The van der Waals surface area contributed by atoms with E-state index in [4.69, 9.17) is 0 Å². The van der Waals surface area contributed by atoms with Crippen molar-refractivity contribution in [2.75, 3.05) is 38.0 Å². The molecule has 0 spiro atoms. The third kappa shape index (κ3) is 5.83. The van der Waals surface area contributed by atoms with Gasteiger partial charge in [0.1, 0.15) is 0 Å². The van der Waals surface area contributed by atoms with Crippen molar-refractivity contribution in [1.29, 1.82) is 0 Å². The first-order valence-corrected chi connectivity index (χ1v) is 9.87. The molecule has 2 aromatic rings. The zero-order valence-electron chi connectivity index (χ0n) is 15.6. The first kappa shape index (κ1) is 22.5. The normalized spacial score (nSPS) is 14.6. The predicted molar refractivity (Wildman–Crippen MR) is 106 cm³/mol. The molecule has 0 bridgehead atoms. The summed E-state index contributed by atoms with van der Waals surface area (Å²) in [4.78, 5) is 17.7. The van der Waals surface area contributed by atoms with E-state index in [1.54, 1.807) is 24.3 Å². The molecular weight excluding hydrogens is 404 g/mol. The molecule has 4 nitrogen and oxygen atoms in total. The van der Waals surface area contributed by atoms with Crippen LogP contribution in [0.25, 0.3) is 0 Å². The van der Waals surface area contributed by atoms with Crippen LogP contribution in [0.5, 0.6) is 0 Å². The first-order chi connectivity index (χ1) is 13.1. The SMILES string of the molecule is CCN1CCN(C(=O)c2ccccc2Nc2ccc(SC(F)F)cc2)CC1.[Cl-]. The number of carbonyl (C=O) groups excluding carboxylic acids is 1. The lowest BCUT2D eigenvalue weighted by Crippen LogP contribution is -3.00. The number of para-hydroxylation sites is 1. The number of carbonyl (C=O) groups is 1. The summed E-state index contributed by atoms with van der Waals surface area (Å²) >= 11 is 0.516. The van der Waals surface area contributed by atoms with Crippen molar-refractivity contribution in [3.63, 3.8) is 0 Å². The minimum absolute atomic E-state index is 0. The van der Waals surface area contributed by atoms with Gasteiger partial charge in [0.25, 0.3) is 11.7 Å². The lowest BCUT2D eigenvalue weighted by molar-refractivity contribution is -0.0000181. The Labute approximate surface area is 174 Å². The van der Waals surface area contributed by atoms with Crippen LogP contribution < -0.4 is 17.7 Å². The largest absolute Gasteiger partial charge is 1.00 e. The Morgan fingerprint density at radius 1 is 1.07 bits per heavy atom. The van der Waals surface area contributed by atoms with E-state index in [9.17, 15) is 13.6 Å². The number of halogens is 3. The zero-order valence-corrected chi connectivity index (χ0v) is 17.1. The van der Waals surface area contributed by atoms with Crippen LogP contribution in [0.15, 0.2) is 53.4 Å². The number of rotatable bonds is 6. The first-order valence-electron chi connectivity index (χ1n) is 8.99. The maximum absolute atomic E-state index is 13.0. The molecule has 1 heterocycles. The fourth-order valence-electron chi connectivity index (χ4n) is 3.09. The molecule has 152 valence electrons. The predicted octanol–water partition coefficient (Wildman–Crippen LogP) is 1.53. The summed E-state index contributed by atoms with van der Waals surface area (Å²) < 4.78 is 24.9. The van der Waals surface area contributed by atoms with Gasteiger partial charge < -0.3 is 27.5 Å². The number of amides is 1. The smallest absolute Gasteiger partial charge is 0.288 e. The molecule has 0 atom stereocenters. The molecule has 1 saturated heterocycles. The number of nitrogens with one attached hydrogen (secondary N) is 1. The second kappa shape index (κ2) is 10.6. The van der Waals surface area contributed by atoms with Crippen LogP contribution in [-0.4, -0.2) is 54.2 Å². The van der Waals surface area contributed by atoms with Crippen LogP contribution >= 0.6 is 11.8 Å². The molecule has 1 N–H and O–H groups in total. The average Bonchev–Trinajstić information content (AvgIpc) is 2.69. The number of benzene rings is 2. The lowest BCUT2D eigenvalue weighted by atomic mass is 10.1. The van der Waals surface area contributed by atoms with Gasteiger partial charge in [-0.05, 0) is 42.9 Å². The van der Waals surface area contributed by atoms with Crippen molar-refractivity contribution in [2.45, 2.75) is 17.6 Å². The van der Waals surface area contributed by atoms with Gasteiger partial charge in [0, 0.05) is 36.8 Å². The minimum atomic E-state index is -2.43. The van der Waals surface area contributed by atoms with Crippen molar-refractivity contribution in [3.8, 4) is 0 Å². The molecule has 0 saturated carbocycles. The highest BCUT2D eigenvalue weighted by Crippen LogP contribution is 2.28. The molecule has 3 rings (SSSR count). The van der Waals surface area contributed by atoms with E-state index in [1.165, 1.54) is 0 Å². The Morgan fingerprint density at radius 2 is 1.71 bits per heavy atom. The summed E-state index contributed by atoms with van der Waals surface area (Å²) in [5.74, 6) is -2.42. The Balaban J connectivity index is 0.00000280. The Hall–Kier alpha value is -1.83. The summed E-state index contributed by atoms with van der Waals surface area (Å²) in [6.07, 6.45) is 0. The van der Waals surface area contributed by atoms with Gasteiger partial charge in [-0.1, -0.05) is 30.8 Å². The van der Waals surface area contributed by atoms with Crippen LogP contribution in [-0.2, 0) is 0 Å². The van der Waals surface area contributed by atoms with Gasteiger partial charge in [0.05, 0.1) is 11.3 Å². The van der Waals surface area contributed by atoms with E-state index < -0.39 is 5.76 Å². The fraction of sp³-hybridized carbons (Fsp3) is 0.350. The second-order valence-corrected chi connectivity index (χ2v) is 7.36. The number of nitrogens with zero attached hydrogens (tertiary/aromatic N) is 2. The summed E-state index contributed by atoms with van der Waals surface area (Å²) in [6.45, 7) is 6.35. The number of hydrogen-bond donors (Lipinski definition) is 1. The number of hydrogen-bond acceptors (Lipinski definition) is 4. The summed E-state index contributed by atoms with van der Waals surface area (Å²) in [6, 6.07) is 14.2. The summed E-state index contributed by atoms with van der Waals surface area (Å²) in [7, 11) is 0. The quantitative estimate of drug-likeness (QED) is 0.711. The van der Waals surface area contributed by atoms with E-state index in [-0.39, 0.29) is 18.3 Å². The standard InChI is InChI=1S/C20H23F2N3OS.ClH/c1-2-24-11-13-25(14-12-24)19(26)17-5-3-4-6-18(17)23-15-7-9-16(10-8-15)27-20(21)22;/h3-10,20,23H,2,11-14H2,1H3;1H/p-1. The molecule has 1 fully saturated rings. The fourth-order valence-corrected chi connectivity index (χ4v) is 3.59. The third-order valence-electron chi connectivity index (χ3n) is 4.62. The van der Waals surface area contributed by atoms with E-state index in [0.717, 1.165) is 44.1 Å². The maximum Gasteiger partial charge on any atom is 0.288 e. The number of thioether (sulfide) groups is 1. The van der Waals surface area contributed by atoms with Crippen LogP contribution in [0.2, 0.25) is 0 Å². The molecule has 0 aromatic heterocycles. The number of anilines is 2. The highest BCUT2D eigenvalue weighted by Gasteiger charge is 2.23. The molecule has 1 aliphatic rings. The van der Waals surface area contributed by atoms with Crippen molar-refractivity contribution < 1.29 is 26.0 Å². The minimum Gasteiger partial charge on any atom is -1.00 e. The molecule has 28 heavy (non-hydrogen) atoms. The molecule has 0 aliphatic carbocycles. The maximum atomic E-state index is 13.0. The molecular formula is C20H23ClF2N3OS-. The molecule has 0 unspecified atom stereocenters. The van der Waals surface area contributed by atoms with Crippen molar-refractivity contribution in [2.24, 2.45) is 0 Å². The van der Waals surface area contributed by atoms with E-state index in [1.807, 2.05) is 29.2 Å². The lowest BCUT2D eigenvalue weighted by Gasteiger charge is -2.34. The van der Waals surface area contributed by atoms with Gasteiger partial charge in [-0.15, -0.1) is 0 Å². The van der Waals surface area contributed by atoms with Crippen molar-refractivity contribution in [1.82, 2.24) is 9.80 Å². The van der Waals surface area contributed by atoms with E-state index in [0.29, 0.717) is 22.2 Å². The molecule has 1 aliphatic heterocycles. The topological polar surface area (TPSA) is 35.6 Å². The average molecular weight is 427 g/mol. The number of piperazine rings is 1. The van der Waals surface area contributed by atoms with Gasteiger partial charge in [0.15, 0.2) is 0 Å². The summed E-state index contributed by atoms with van der Waals surface area (Å²) in [5.41, 5.74) is 2.09. The zero-order chi connectivity index (χ0) is 19.2. The third-order valence-corrected chi connectivity index (χ3v) is 5.35. The molecule has 8 heteroatoms. The van der Waals surface area contributed by atoms with Gasteiger partial charge in [0.2, 0.25) is 0 Å². The monoisotopic (exact) mass is 426 g/mol. The van der Waals surface area contributed by atoms with Crippen molar-refractivity contribution in [3.05, 3.63) is 54.1 Å². The number of alkyl halides is 2. The molecule has 0 radical (unpaired) electrons. The van der Waals surface area contributed by atoms with E-state index >= 15 is 0 Å². The van der Waals surface area contributed by atoms with Crippen LogP contribution in [0, 0.1) is 0 Å². The van der Waals surface area contributed by atoms with Crippen LogP contribution in [0.4, 0.5) is 20.2 Å². The number of likely N-dealkylation sites (N-methyl/N-ethyl adjacent to an activating group) is 1. The Kier molecular flexibility index (Phi) is 8.54. The Morgan fingerprint density at radius 3 is 2.32 bits per heavy atom.